The Morgan fingerprint density at radius 2 is 1.84 bits per heavy atom. The number of hydrogen-bond donors (Lipinski definition) is 2. The van der Waals surface area contributed by atoms with Crippen molar-refractivity contribution in [2.45, 2.75) is 72.6 Å². The minimum Gasteiger partial charge on any atom is -0.508 e. The Morgan fingerprint density at radius 3 is 2.48 bits per heavy atom. The molecule has 1 saturated heterocycles. The van der Waals surface area contributed by atoms with Crippen LogP contribution in [0.1, 0.15) is 81.3 Å². The maximum Gasteiger partial charge on any atom is 0.258 e. The number of carbonyl (C=O) groups is 1. The number of carbonyl (C=O) groups excluding carboxylic acids is 1. The summed E-state index contributed by atoms with van der Waals surface area (Å²) in [6.45, 7) is 10.4. The van der Waals surface area contributed by atoms with Crippen LogP contribution in [0.3, 0.4) is 0 Å². The third kappa shape index (κ3) is 7.42. The highest BCUT2D eigenvalue weighted by Gasteiger charge is 2.27. The van der Waals surface area contributed by atoms with Crippen LogP contribution in [0.2, 0.25) is 0 Å². The van der Waals surface area contributed by atoms with Gasteiger partial charge in [0.05, 0.1) is 18.8 Å². The zero-order valence-corrected chi connectivity index (χ0v) is 19.7. The number of amides is 1. The minimum atomic E-state index is -0.169. The smallest absolute Gasteiger partial charge is 0.258 e. The molecule has 0 spiro atoms. The predicted molar refractivity (Wildman–Crippen MR) is 126 cm³/mol. The molecule has 0 radical (unpaired) electrons. The Hall–Kier alpha value is -2.27. The fraction of sp³-hybridized carbons (Fsp3) is 0.577. The quantitative estimate of drug-likeness (QED) is 0.378. The standard InChI is InChI=1S/C26H39NO4/c1-5-6-7-11-21-18-23(28)22(13-12-20(4)10-8-9-19(2)3)25(29)24(21)26(30)27-14-16-31-17-15-27/h9,12,18,28-29H,5-8,10-11,13-17H2,1-4H3. The first-order valence-electron chi connectivity index (χ1n) is 11.6. The lowest BCUT2D eigenvalue weighted by molar-refractivity contribution is 0.0300. The second-order valence-corrected chi connectivity index (χ2v) is 8.69. The molecule has 1 fully saturated rings. The SMILES string of the molecule is CCCCCc1cc(O)c(CC=C(C)CCC=C(C)C)c(O)c1C(=O)N1CCOCC1. The molecule has 31 heavy (non-hydrogen) atoms. The summed E-state index contributed by atoms with van der Waals surface area (Å²) in [6, 6.07) is 1.69. The van der Waals surface area contributed by atoms with Gasteiger partial charge in [0.2, 0.25) is 0 Å². The zero-order chi connectivity index (χ0) is 22.8. The zero-order valence-electron chi connectivity index (χ0n) is 19.7. The Kier molecular flexibility index (Phi) is 10.1. The number of rotatable bonds is 10. The van der Waals surface area contributed by atoms with Crippen LogP contribution in [0.25, 0.3) is 0 Å². The van der Waals surface area contributed by atoms with Gasteiger partial charge in [-0.25, -0.2) is 0 Å². The van der Waals surface area contributed by atoms with Gasteiger partial charge in [-0.05, 0) is 64.5 Å². The van der Waals surface area contributed by atoms with E-state index in [9.17, 15) is 15.0 Å². The molecule has 0 atom stereocenters. The first kappa shape index (κ1) is 25.0. The summed E-state index contributed by atoms with van der Waals surface area (Å²) in [7, 11) is 0. The van der Waals surface area contributed by atoms with E-state index in [0.717, 1.165) is 37.7 Å². The summed E-state index contributed by atoms with van der Waals surface area (Å²) in [5, 5.41) is 21.8. The number of benzene rings is 1. The van der Waals surface area contributed by atoms with E-state index in [-0.39, 0.29) is 17.4 Å². The fourth-order valence-electron chi connectivity index (χ4n) is 3.84. The van der Waals surface area contributed by atoms with Gasteiger partial charge in [-0.2, -0.15) is 0 Å². The number of nitrogens with zero attached hydrogens (tertiary/aromatic N) is 1. The number of aromatic hydroxyl groups is 2. The van der Waals surface area contributed by atoms with E-state index in [1.807, 2.05) is 6.08 Å². The van der Waals surface area contributed by atoms with Gasteiger partial charge in [0, 0.05) is 18.7 Å². The monoisotopic (exact) mass is 429 g/mol. The number of morpholine rings is 1. The van der Waals surface area contributed by atoms with Crippen LogP contribution >= 0.6 is 0 Å². The molecule has 1 aromatic carbocycles. The number of aryl methyl sites for hydroxylation is 1. The molecular formula is C26H39NO4. The number of unbranched alkanes of at least 4 members (excludes halogenated alkanes) is 2. The Balaban J connectivity index is 2.31. The molecule has 1 aromatic rings. The van der Waals surface area contributed by atoms with Crippen LogP contribution < -0.4 is 0 Å². The van der Waals surface area contributed by atoms with E-state index in [2.05, 4.69) is 33.8 Å². The molecule has 1 aliphatic rings. The molecule has 0 aliphatic carbocycles. The van der Waals surface area contributed by atoms with Crippen LogP contribution in [-0.2, 0) is 17.6 Å². The lowest BCUT2D eigenvalue weighted by Gasteiger charge is -2.28. The summed E-state index contributed by atoms with van der Waals surface area (Å²) in [5.41, 5.74) is 4.00. The number of phenolic OH excluding ortho intramolecular Hbond substituents is 2. The summed E-state index contributed by atoms with van der Waals surface area (Å²) in [4.78, 5) is 15.0. The topological polar surface area (TPSA) is 70.0 Å². The van der Waals surface area contributed by atoms with Crippen LogP contribution in [-0.4, -0.2) is 47.3 Å². The van der Waals surface area contributed by atoms with E-state index in [1.54, 1.807) is 11.0 Å². The molecule has 2 rings (SSSR count). The van der Waals surface area contributed by atoms with E-state index in [0.29, 0.717) is 50.3 Å². The third-order valence-electron chi connectivity index (χ3n) is 5.77. The van der Waals surface area contributed by atoms with E-state index < -0.39 is 0 Å². The van der Waals surface area contributed by atoms with Crippen LogP contribution in [0.5, 0.6) is 11.5 Å². The van der Waals surface area contributed by atoms with E-state index in [1.165, 1.54) is 11.1 Å². The van der Waals surface area contributed by atoms with E-state index in [4.69, 9.17) is 4.74 Å². The molecule has 0 saturated carbocycles. The second kappa shape index (κ2) is 12.6. The average Bonchev–Trinajstić information content (AvgIpc) is 2.73. The molecule has 0 bridgehead atoms. The maximum absolute atomic E-state index is 13.3. The van der Waals surface area contributed by atoms with Crippen molar-refractivity contribution in [2.75, 3.05) is 26.3 Å². The molecule has 1 amide bonds. The van der Waals surface area contributed by atoms with E-state index >= 15 is 0 Å². The van der Waals surface area contributed by atoms with Crippen molar-refractivity contribution in [3.8, 4) is 11.5 Å². The number of allylic oxidation sites excluding steroid dienone is 4. The molecule has 0 unspecified atom stereocenters. The number of hydrogen-bond acceptors (Lipinski definition) is 4. The highest BCUT2D eigenvalue weighted by atomic mass is 16.5. The van der Waals surface area contributed by atoms with Gasteiger partial charge < -0.3 is 19.8 Å². The molecule has 5 nitrogen and oxygen atoms in total. The van der Waals surface area contributed by atoms with Gasteiger partial charge in [-0.3, -0.25) is 4.79 Å². The summed E-state index contributed by atoms with van der Waals surface area (Å²) in [5.74, 6) is -0.176. The van der Waals surface area contributed by atoms with Crippen LogP contribution in [0, 0.1) is 0 Å². The van der Waals surface area contributed by atoms with Gasteiger partial charge in [0.25, 0.3) is 5.91 Å². The largest absolute Gasteiger partial charge is 0.508 e. The number of phenols is 2. The van der Waals surface area contributed by atoms with Gasteiger partial charge in [-0.15, -0.1) is 0 Å². The first-order chi connectivity index (χ1) is 14.8. The van der Waals surface area contributed by atoms with Gasteiger partial charge in [0.15, 0.2) is 0 Å². The summed E-state index contributed by atoms with van der Waals surface area (Å²) in [6.07, 6.45) is 10.2. The molecule has 1 heterocycles. The lowest BCUT2D eigenvalue weighted by atomic mass is 9.94. The number of ether oxygens (including phenoxy) is 1. The molecule has 1 aliphatic heterocycles. The Morgan fingerprint density at radius 1 is 1.13 bits per heavy atom. The molecular weight excluding hydrogens is 390 g/mol. The van der Waals surface area contributed by atoms with Gasteiger partial charge in [0.1, 0.15) is 11.5 Å². The minimum absolute atomic E-state index is 0.0656. The maximum atomic E-state index is 13.3. The third-order valence-corrected chi connectivity index (χ3v) is 5.77. The molecule has 2 N–H and O–H groups in total. The molecule has 172 valence electrons. The van der Waals surface area contributed by atoms with Crippen molar-refractivity contribution in [1.29, 1.82) is 0 Å². The highest BCUT2D eigenvalue weighted by molar-refractivity contribution is 5.99. The van der Waals surface area contributed by atoms with Crippen molar-refractivity contribution >= 4 is 5.91 Å². The summed E-state index contributed by atoms with van der Waals surface area (Å²) >= 11 is 0. The van der Waals surface area contributed by atoms with Crippen LogP contribution in [0.4, 0.5) is 0 Å². The lowest BCUT2D eigenvalue weighted by Crippen LogP contribution is -2.41. The second-order valence-electron chi connectivity index (χ2n) is 8.69. The molecule has 0 aromatic heterocycles. The van der Waals surface area contributed by atoms with Crippen molar-refractivity contribution in [3.05, 3.63) is 46.1 Å². The van der Waals surface area contributed by atoms with Crippen molar-refractivity contribution in [3.63, 3.8) is 0 Å². The Bertz CT molecular complexity index is 800. The van der Waals surface area contributed by atoms with Crippen molar-refractivity contribution < 1.29 is 19.7 Å². The average molecular weight is 430 g/mol. The Labute approximate surface area is 187 Å². The van der Waals surface area contributed by atoms with Crippen LogP contribution in [0.15, 0.2) is 29.4 Å². The first-order valence-corrected chi connectivity index (χ1v) is 11.6. The van der Waals surface area contributed by atoms with Gasteiger partial charge >= 0.3 is 0 Å². The summed E-state index contributed by atoms with van der Waals surface area (Å²) < 4.78 is 5.37. The highest BCUT2D eigenvalue weighted by Crippen LogP contribution is 2.36. The van der Waals surface area contributed by atoms with Crippen molar-refractivity contribution in [1.82, 2.24) is 4.90 Å². The molecule has 5 heteroatoms. The normalized spacial score (nSPS) is 14.6. The fourth-order valence-corrected chi connectivity index (χ4v) is 3.84. The van der Waals surface area contributed by atoms with Gasteiger partial charge in [-0.1, -0.05) is 43.1 Å². The predicted octanol–water partition coefficient (Wildman–Crippen LogP) is 5.54. The van der Waals surface area contributed by atoms with Crippen molar-refractivity contribution in [2.24, 2.45) is 0 Å².